The van der Waals surface area contributed by atoms with Gasteiger partial charge in [-0.25, -0.2) is 0 Å². The average molecular weight is 251 g/mol. The maximum atomic E-state index is 10.5. The van der Waals surface area contributed by atoms with Crippen molar-refractivity contribution in [1.82, 2.24) is 0 Å². The molecule has 0 saturated heterocycles. The van der Waals surface area contributed by atoms with E-state index in [1.54, 1.807) is 31.2 Å². The molecule has 0 aliphatic carbocycles. The number of nitro groups is 1. The van der Waals surface area contributed by atoms with Gasteiger partial charge in [0.15, 0.2) is 0 Å². The second kappa shape index (κ2) is 6.88. The predicted molar refractivity (Wildman–Crippen MR) is 68.1 cm³/mol. The monoisotopic (exact) mass is 251 g/mol. The number of nitro benzene ring substituents is 1. The number of hydrogen-bond acceptors (Lipinski definition) is 4. The fourth-order valence-corrected chi connectivity index (χ4v) is 1.47. The zero-order valence-electron chi connectivity index (χ0n) is 10.2. The van der Waals surface area contributed by atoms with Crippen LogP contribution < -0.4 is 0 Å². The van der Waals surface area contributed by atoms with Gasteiger partial charge in [0.2, 0.25) is 0 Å². The fraction of sp³-hybridized carbons (Fsp3) is 0.385. The van der Waals surface area contributed by atoms with Crippen molar-refractivity contribution in [2.24, 2.45) is 0 Å². The SMILES string of the molecule is C[C@@H](O)C/C=C\C[C@@H](O)c1ccc([N+](=O)[O-])cc1. The van der Waals surface area contributed by atoms with Crippen LogP contribution >= 0.6 is 0 Å². The first-order valence-electron chi connectivity index (χ1n) is 5.76. The van der Waals surface area contributed by atoms with E-state index in [-0.39, 0.29) is 5.69 Å². The molecule has 1 aromatic rings. The maximum absolute atomic E-state index is 10.5. The van der Waals surface area contributed by atoms with E-state index in [0.717, 1.165) is 0 Å². The van der Waals surface area contributed by atoms with Gasteiger partial charge in [-0.2, -0.15) is 0 Å². The molecule has 1 aromatic carbocycles. The Morgan fingerprint density at radius 3 is 2.28 bits per heavy atom. The minimum absolute atomic E-state index is 0.00981. The second-order valence-electron chi connectivity index (χ2n) is 4.16. The smallest absolute Gasteiger partial charge is 0.269 e. The van der Waals surface area contributed by atoms with Crippen molar-refractivity contribution in [3.8, 4) is 0 Å². The lowest BCUT2D eigenvalue weighted by Gasteiger charge is -2.07. The van der Waals surface area contributed by atoms with Gasteiger partial charge in [0, 0.05) is 12.1 Å². The third-order valence-electron chi connectivity index (χ3n) is 2.49. The van der Waals surface area contributed by atoms with E-state index in [1.807, 2.05) is 0 Å². The van der Waals surface area contributed by atoms with Crippen molar-refractivity contribution >= 4 is 5.69 Å². The van der Waals surface area contributed by atoms with Crippen LogP contribution in [0.15, 0.2) is 36.4 Å². The van der Waals surface area contributed by atoms with E-state index >= 15 is 0 Å². The summed E-state index contributed by atoms with van der Waals surface area (Å²) in [5, 5.41) is 29.3. The molecule has 0 aromatic heterocycles. The molecular weight excluding hydrogens is 234 g/mol. The Morgan fingerprint density at radius 1 is 1.22 bits per heavy atom. The molecule has 0 aliphatic rings. The summed E-state index contributed by atoms with van der Waals surface area (Å²) in [7, 11) is 0. The molecule has 0 amide bonds. The van der Waals surface area contributed by atoms with E-state index in [9.17, 15) is 15.2 Å². The molecule has 0 saturated carbocycles. The van der Waals surface area contributed by atoms with Crippen LogP contribution in [0.3, 0.4) is 0 Å². The van der Waals surface area contributed by atoms with E-state index in [0.29, 0.717) is 18.4 Å². The lowest BCUT2D eigenvalue weighted by atomic mass is 10.1. The van der Waals surface area contributed by atoms with Crippen molar-refractivity contribution in [3.63, 3.8) is 0 Å². The first-order chi connectivity index (χ1) is 8.50. The number of hydrogen-bond donors (Lipinski definition) is 2. The lowest BCUT2D eigenvalue weighted by Crippen LogP contribution is -1.98. The van der Waals surface area contributed by atoms with Crippen LogP contribution in [0, 0.1) is 10.1 Å². The molecule has 0 heterocycles. The second-order valence-corrected chi connectivity index (χ2v) is 4.16. The van der Waals surface area contributed by atoms with E-state index in [1.165, 1.54) is 12.1 Å². The van der Waals surface area contributed by atoms with Gasteiger partial charge in [-0.05, 0) is 37.5 Å². The van der Waals surface area contributed by atoms with Gasteiger partial charge in [0.1, 0.15) is 0 Å². The Hall–Kier alpha value is -1.72. The molecule has 18 heavy (non-hydrogen) atoms. The van der Waals surface area contributed by atoms with Crippen LogP contribution in [0.1, 0.15) is 31.4 Å². The minimum atomic E-state index is -0.684. The van der Waals surface area contributed by atoms with Crippen molar-refractivity contribution in [3.05, 3.63) is 52.1 Å². The van der Waals surface area contributed by atoms with E-state index in [2.05, 4.69) is 0 Å². The summed E-state index contributed by atoms with van der Waals surface area (Å²) in [4.78, 5) is 9.99. The summed E-state index contributed by atoms with van der Waals surface area (Å²) in [6.07, 6.45) is 3.49. The molecule has 98 valence electrons. The highest BCUT2D eigenvalue weighted by atomic mass is 16.6. The van der Waals surface area contributed by atoms with Crippen molar-refractivity contribution in [1.29, 1.82) is 0 Å². The number of aliphatic hydroxyl groups is 2. The highest BCUT2D eigenvalue weighted by molar-refractivity contribution is 5.33. The van der Waals surface area contributed by atoms with Gasteiger partial charge in [0.05, 0.1) is 17.1 Å². The molecule has 1 rings (SSSR count). The summed E-state index contributed by atoms with van der Waals surface area (Å²) >= 11 is 0. The van der Waals surface area contributed by atoms with E-state index < -0.39 is 17.1 Å². The van der Waals surface area contributed by atoms with Gasteiger partial charge in [0.25, 0.3) is 5.69 Å². The summed E-state index contributed by atoms with van der Waals surface area (Å²) in [5.74, 6) is 0. The fourth-order valence-electron chi connectivity index (χ4n) is 1.47. The van der Waals surface area contributed by atoms with Gasteiger partial charge in [-0.1, -0.05) is 12.2 Å². The maximum Gasteiger partial charge on any atom is 0.269 e. The predicted octanol–water partition coefficient (Wildman–Crippen LogP) is 2.35. The molecule has 5 heteroatoms. The Labute approximate surface area is 106 Å². The largest absolute Gasteiger partial charge is 0.393 e. The lowest BCUT2D eigenvalue weighted by molar-refractivity contribution is -0.384. The molecule has 0 radical (unpaired) electrons. The number of benzene rings is 1. The normalized spacial score (nSPS) is 14.6. The van der Waals surface area contributed by atoms with Crippen LogP contribution in [-0.4, -0.2) is 21.2 Å². The molecule has 0 fully saturated rings. The number of aliphatic hydroxyl groups excluding tert-OH is 2. The quantitative estimate of drug-likeness (QED) is 0.462. The number of rotatable bonds is 6. The number of nitrogens with zero attached hydrogens (tertiary/aromatic N) is 1. The molecule has 2 atom stereocenters. The van der Waals surface area contributed by atoms with Crippen molar-refractivity contribution < 1.29 is 15.1 Å². The third kappa shape index (κ3) is 4.65. The molecule has 0 bridgehead atoms. The Kier molecular flexibility index (Phi) is 5.48. The molecule has 2 N–H and O–H groups in total. The third-order valence-corrected chi connectivity index (χ3v) is 2.49. The highest BCUT2D eigenvalue weighted by Crippen LogP contribution is 2.20. The van der Waals surface area contributed by atoms with Gasteiger partial charge < -0.3 is 10.2 Å². The van der Waals surface area contributed by atoms with Crippen LogP contribution in [0.25, 0.3) is 0 Å². The van der Waals surface area contributed by atoms with Crippen molar-refractivity contribution in [2.75, 3.05) is 0 Å². The summed E-state index contributed by atoms with van der Waals surface area (Å²) in [6, 6.07) is 5.84. The molecule has 5 nitrogen and oxygen atoms in total. The van der Waals surface area contributed by atoms with Crippen LogP contribution in [0.5, 0.6) is 0 Å². The Bertz CT molecular complexity index is 412. The summed E-state index contributed by atoms with van der Waals surface area (Å²) in [5.41, 5.74) is 0.651. The van der Waals surface area contributed by atoms with Crippen molar-refractivity contribution in [2.45, 2.75) is 32.0 Å². The zero-order chi connectivity index (χ0) is 13.5. The topological polar surface area (TPSA) is 83.6 Å². The Balaban J connectivity index is 2.53. The summed E-state index contributed by atoms with van der Waals surface area (Å²) in [6.45, 7) is 1.69. The molecule has 0 spiro atoms. The molecular formula is C13H17NO4. The Morgan fingerprint density at radius 2 is 1.78 bits per heavy atom. The van der Waals surface area contributed by atoms with Gasteiger partial charge >= 0.3 is 0 Å². The standard InChI is InChI=1S/C13H17NO4/c1-10(15)4-2-3-5-13(16)11-6-8-12(9-7-11)14(17)18/h2-3,6-10,13,15-16H,4-5H2,1H3/b3-2-/t10-,13-/m1/s1. The first kappa shape index (κ1) is 14.3. The minimum Gasteiger partial charge on any atom is -0.393 e. The number of non-ortho nitro benzene ring substituents is 1. The molecule has 0 unspecified atom stereocenters. The first-order valence-corrected chi connectivity index (χ1v) is 5.76. The van der Waals surface area contributed by atoms with Crippen LogP contribution in [-0.2, 0) is 0 Å². The zero-order valence-corrected chi connectivity index (χ0v) is 10.2. The summed E-state index contributed by atoms with van der Waals surface area (Å²) < 4.78 is 0. The van der Waals surface area contributed by atoms with Crippen LogP contribution in [0.2, 0.25) is 0 Å². The molecule has 0 aliphatic heterocycles. The van der Waals surface area contributed by atoms with E-state index in [4.69, 9.17) is 5.11 Å². The van der Waals surface area contributed by atoms with Gasteiger partial charge in [-0.3, -0.25) is 10.1 Å². The van der Waals surface area contributed by atoms with Gasteiger partial charge in [-0.15, -0.1) is 0 Å². The van der Waals surface area contributed by atoms with Crippen LogP contribution in [0.4, 0.5) is 5.69 Å². The average Bonchev–Trinajstić information content (AvgIpc) is 2.34. The highest BCUT2D eigenvalue weighted by Gasteiger charge is 2.08.